The van der Waals surface area contributed by atoms with E-state index in [0.29, 0.717) is 30.4 Å². The highest BCUT2D eigenvalue weighted by Crippen LogP contribution is 2.32. The summed E-state index contributed by atoms with van der Waals surface area (Å²) >= 11 is 0. The lowest BCUT2D eigenvalue weighted by Crippen LogP contribution is -2.48. The van der Waals surface area contributed by atoms with Crippen molar-refractivity contribution >= 4 is 21.6 Å². The number of benzene rings is 2. The first-order valence-electron chi connectivity index (χ1n) is 9.99. The molecule has 3 rings (SSSR count). The molecule has 2 aromatic carbocycles. The van der Waals surface area contributed by atoms with Crippen molar-refractivity contribution in [2.45, 2.75) is 39.3 Å². The van der Waals surface area contributed by atoms with Crippen LogP contribution in [0.2, 0.25) is 0 Å². The number of hydrogen-bond acceptors (Lipinski definition) is 5. The van der Waals surface area contributed by atoms with Crippen LogP contribution in [0, 0.1) is 0 Å². The molecular formula is C22H28N2O5S. The number of hydrogen-bond donors (Lipinski definition) is 1. The molecule has 30 heavy (non-hydrogen) atoms. The van der Waals surface area contributed by atoms with Gasteiger partial charge in [-0.1, -0.05) is 25.1 Å². The zero-order valence-corrected chi connectivity index (χ0v) is 18.5. The number of nitrogens with one attached hydrogen (secondary N) is 1. The maximum absolute atomic E-state index is 12.9. The normalized spacial score (nSPS) is 15.2. The SMILES string of the molecule is CCc1ccc(N([C@H](C)C(=O)N[C@@H](C)c2ccc3c(c2)OCCO3)S(C)(=O)=O)cc1. The Kier molecular flexibility index (Phi) is 6.55. The van der Waals surface area contributed by atoms with Crippen molar-refractivity contribution in [2.75, 3.05) is 23.8 Å². The molecule has 1 aliphatic heterocycles. The monoisotopic (exact) mass is 432 g/mol. The van der Waals surface area contributed by atoms with Gasteiger partial charge in [0.15, 0.2) is 11.5 Å². The van der Waals surface area contributed by atoms with E-state index in [0.717, 1.165) is 28.1 Å². The summed E-state index contributed by atoms with van der Waals surface area (Å²) < 4.78 is 37.2. The van der Waals surface area contributed by atoms with E-state index in [-0.39, 0.29) is 11.9 Å². The number of anilines is 1. The molecule has 2 aromatic rings. The van der Waals surface area contributed by atoms with Crippen LogP contribution < -0.4 is 19.1 Å². The summed E-state index contributed by atoms with van der Waals surface area (Å²) in [5.41, 5.74) is 2.40. The summed E-state index contributed by atoms with van der Waals surface area (Å²) in [6.45, 7) is 6.45. The highest BCUT2D eigenvalue weighted by Gasteiger charge is 2.30. The summed E-state index contributed by atoms with van der Waals surface area (Å²) in [7, 11) is -3.66. The summed E-state index contributed by atoms with van der Waals surface area (Å²) in [6, 6.07) is 11.5. The predicted molar refractivity (Wildman–Crippen MR) is 117 cm³/mol. The number of carbonyl (C=O) groups is 1. The van der Waals surface area contributed by atoms with Gasteiger partial charge < -0.3 is 14.8 Å². The Morgan fingerprint density at radius 1 is 1.07 bits per heavy atom. The second-order valence-corrected chi connectivity index (χ2v) is 9.25. The fourth-order valence-electron chi connectivity index (χ4n) is 3.43. The molecule has 1 amide bonds. The lowest BCUT2D eigenvalue weighted by Gasteiger charge is -2.29. The lowest BCUT2D eigenvalue weighted by molar-refractivity contribution is -0.122. The number of rotatable bonds is 7. The molecule has 0 saturated carbocycles. The topological polar surface area (TPSA) is 84.9 Å². The van der Waals surface area contributed by atoms with Gasteiger partial charge in [-0.05, 0) is 55.7 Å². The second-order valence-electron chi connectivity index (χ2n) is 7.39. The molecule has 1 N–H and O–H groups in total. The van der Waals surface area contributed by atoms with E-state index in [1.54, 1.807) is 19.1 Å². The van der Waals surface area contributed by atoms with Crippen LogP contribution in [0.25, 0.3) is 0 Å². The number of ether oxygens (including phenoxy) is 2. The zero-order chi connectivity index (χ0) is 21.9. The smallest absolute Gasteiger partial charge is 0.244 e. The van der Waals surface area contributed by atoms with Crippen molar-refractivity contribution in [1.82, 2.24) is 5.32 Å². The van der Waals surface area contributed by atoms with Crippen molar-refractivity contribution < 1.29 is 22.7 Å². The van der Waals surface area contributed by atoms with E-state index in [9.17, 15) is 13.2 Å². The molecule has 0 unspecified atom stereocenters. The van der Waals surface area contributed by atoms with Gasteiger partial charge >= 0.3 is 0 Å². The van der Waals surface area contributed by atoms with Crippen LogP contribution in [0.4, 0.5) is 5.69 Å². The minimum absolute atomic E-state index is 0.334. The molecule has 7 nitrogen and oxygen atoms in total. The maximum atomic E-state index is 12.9. The van der Waals surface area contributed by atoms with E-state index >= 15 is 0 Å². The first-order chi connectivity index (χ1) is 14.2. The Hall–Kier alpha value is -2.74. The fraction of sp³-hybridized carbons (Fsp3) is 0.409. The number of aryl methyl sites for hydroxylation is 1. The summed E-state index contributed by atoms with van der Waals surface area (Å²) in [6.07, 6.45) is 1.96. The number of sulfonamides is 1. The number of nitrogens with zero attached hydrogens (tertiary/aromatic N) is 1. The van der Waals surface area contributed by atoms with Gasteiger partial charge in [0.25, 0.3) is 0 Å². The quantitative estimate of drug-likeness (QED) is 0.727. The van der Waals surface area contributed by atoms with Crippen LogP contribution in [0.5, 0.6) is 11.5 Å². The Morgan fingerprint density at radius 3 is 2.30 bits per heavy atom. The number of carbonyl (C=O) groups excluding carboxylic acids is 1. The Balaban J connectivity index is 1.77. The van der Waals surface area contributed by atoms with Gasteiger partial charge in [-0.2, -0.15) is 0 Å². The third-order valence-corrected chi connectivity index (χ3v) is 6.35. The second kappa shape index (κ2) is 8.95. The van der Waals surface area contributed by atoms with E-state index in [2.05, 4.69) is 5.32 Å². The molecular weight excluding hydrogens is 404 g/mol. The molecule has 8 heteroatoms. The minimum Gasteiger partial charge on any atom is -0.486 e. The van der Waals surface area contributed by atoms with Crippen molar-refractivity contribution in [3.05, 3.63) is 53.6 Å². The maximum Gasteiger partial charge on any atom is 0.244 e. The minimum atomic E-state index is -3.66. The summed E-state index contributed by atoms with van der Waals surface area (Å²) in [5.74, 6) is 0.930. The Bertz CT molecular complexity index is 1000. The van der Waals surface area contributed by atoms with Crippen LogP contribution in [0.1, 0.15) is 37.9 Å². The average molecular weight is 433 g/mol. The third kappa shape index (κ3) is 4.87. The molecule has 162 valence electrons. The van der Waals surface area contributed by atoms with Gasteiger partial charge in [0.1, 0.15) is 19.3 Å². The Labute approximate surface area is 178 Å². The molecule has 0 aliphatic carbocycles. The highest BCUT2D eigenvalue weighted by molar-refractivity contribution is 7.92. The van der Waals surface area contributed by atoms with Crippen LogP contribution in [-0.4, -0.2) is 39.8 Å². The first-order valence-corrected chi connectivity index (χ1v) is 11.8. The van der Waals surface area contributed by atoms with Crippen molar-refractivity contribution in [3.8, 4) is 11.5 Å². The molecule has 0 aromatic heterocycles. The molecule has 1 heterocycles. The van der Waals surface area contributed by atoms with Gasteiger partial charge in [-0.25, -0.2) is 8.42 Å². The van der Waals surface area contributed by atoms with Crippen LogP contribution in [0.15, 0.2) is 42.5 Å². The molecule has 0 radical (unpaired) electrons. The lowest BCUT2D eigenvalue weighted by atomic mass is 10.1. The Morgan fingerprint density at radius 2 is 1.70 bits per heavy atom. The zero-order valence-electron chi connectivity index (χ0n) is 17.7. The predicted octanol–water partition coefficient (Wildman–Crippen LogP) is 3.05. The molecule has 0 fully saturated rings. The van der Waals surface area contributed by atoms with Crippen molar-refractivity contribution in [3.63, 3.8) is 0 Å². The van der Waals surface area contributed by atoms with E-state index in [4.69, 9.17) is 9.47 Å². The van der Waals surface area contributed by atoms with Crippen molar-refractivity contribution in [1.29, 1.82) is 0 Å². The standard InChI is InChI=1S/C22H28N2O5S/c1-5-17-6-9-19(10-7-17)24(30(4,26)27)16(3)22(25)23-15(2)18-8-11-20-21(14-18)29-13-12-28-20/h6-11,14-16H,5,12-13H2,1-4H3,(H,23,25)/t15-,16+/m0/s1. The fourth-order valence-corrected chi connectivity index (χ4v) is 4.61. The van der Waals surface area contributed by atoms with Crippen LogP contribution in [-0.2, 0) is 21.2 Å². The molecule has 2 atom stereocenters. The van der Waals surface area contributed by atoms with Gasteiger partial charge in [0.2, 0.25) is 15.9 Å². The number of fused-ring (bicyclic) bond motifs is 1. The van der Waals surface area contributed by atoms with Gasteiger partial charge in [-0.3, -0.25) is 9.10 Å². The third-order valence-electron chi connectivity index (χ3n) is 5.11. The van der Waals surface area contributed by atoms with E-state index in [1.807, 2.05) is 44.2 Å². The van der Waals surface area contributed by atoms with Crippen molar-refractivity contribution in [2.24, 2.45) is 0 Å². The number of amides is 1. The summed E-state index contributed by atoms with van der Waals surface area (Å²) in [4.78, 5) is 12.9. The summed E-state index contributed by atoms with van der Waals surface area (Å²) in [5, 5.41) is 2.91. The molecule has 0 spiro atoms. The first kappa shape index (κ1) is 22.0. The molecule has 0 saturated heterocycles. The van der Waals surface area contributed by atoms with Crippen LogP contribution >= 0.6 is 0 Å². The average Bonchev–Trinajstić information content (AvgIpc) is 2.72. The van der Waals surface area contributed by atoms with E-state index in [1.165, 1.54) is 0 Å². The highest BCUT2D eigenvalue weighted by atomic mass is 32.2. The van der Waals surface area contributed by atoms with Gasteiger partial charge in [0, 0.05) is 0 Å². The largest absolute Gasteiger partial charge is 0.486 e. The molecule has 1 aliphatic rings. The van der Waals surface area contributed by atoms with Gasteiger partial charge in [0.05, 0.1) is 18.0 Å². The van der Waals surface area contributed by atoms with E-state index < -0.39 is 16.1 Å². The van der Waals surface area contributed by atoms with Gasteiger partial charge in [-0.15, -0.1) is 0 Å². The molecule has 0 bridgehead atoms. The van der Waals surface area contributed by atoms with Crippen LogP contribution in [0.3, 0.4) is 0 Å².